The van der Waals surface area contributed by atoms with Crippen molar-refractivity contribution >= 4 is 11.6 Å². The van der Waals surface area contributed by atoms with Gasteiger partial charge < -0.3 is 0 Å². The van der Waals surface area contributed by atoms with Crippen molar-refractivity contribution in [1.82, 2.24) is 0 Å². The first-order valence-corrected chi connectivity index (χ1v) is 4.92. The van der Waals surface area contributed by atoms with Crippen molar-refractivity contribution in [2.45, 2.75) is 12.8 Å². The molecule has 0 aliphatic carbocycles. The molecule has 14 heavy (non-hydrogen) atoms. The van der Waals surface area contributed by atoms with Crippen LogP contribution >= 0.6 is 11.6 Å². The standard InChI is InChI=1S/C11H11ClF2/c12-7-3-1-2-4-9-8-10(13)5-6-11(9)14/h1-2,5-6,8H,3-4,7H2. The number of hydrogen-bond acceptors (Lipinski definition) is 0. The highest BCUT2D eigenvalue weighted by Gasteiger charge is 2.00. The fourth-order valence-electron chi connectivity index (χ4n) is 1.09. The molecule has 1 aromatic rings. The van der Waals surface area contributed by atoms with Crippen molar-refractivity contribution < 1.29 is 8.78 Å². The molecule has 0 saturated carbocycles. The minimum Gasteiger partial charge on any atom is -0.207 e. The van der Waals surface area contributed by atoms with Gasteiger partial charge in [-0.05, 0) is 36.6 Å². The molecule has 0 amide bonds. The highest BCUT2D eigenvalue weighted by molar-refractivity contribution is 6.17. The van der Waals surface area contributed by atoms with E-state index in [1.165, 1.54) is 6.07 Å². The molecule has 76 valence electrons. The molecule has 0 saturated heterocycles. The molecule has 0 aliphatic heterocycles. The van der Waals surface area contributed by atoms with Crippen molar-refractivity contribution in [1.29, 1.82) is 0 Å². The van der Waals surface area contributed by atoms with Gasteiger partial charge in [-0.2, -0.15) is 0 Å². The van der Waals surface area contributed by atoms with Crippen LogP contribution in [0.3, 0.4) is 0 Å². The number of halogens is 3. The van der Waals surface area contributed by atoms with E-state index in [4.69, 9.17) is 11.6 Å². The summed E-state index contributed by atoms with van der Waals surface area (Å²) in [5, 5.41) is 0. The molecule has 0 nitrogen and oxygen atoms in total. The number of allylic oxidation sites excluding steroid dienone is 2. The van der Waals surface area contributed by atoms with E-state index >= 15 is 0 Å². The Kier molecular flexibility index (Phi) is 4.60. The average Bonchev–Trinajstić information content (AvgIpc) is 2.18. The van der Waals surface area contributed by atoms with Crippen molar-refractivity contribution in [2.75, 3.05) is 5.88 Å². The summed E-state index contributed by atoms with van der Waals surface area (Å²) in [6.45, 7) is 0. The van der Waals surface area contributed by atoms with Crippen molar-refractivity contribution in [3.05, 3.63) is 47.5 Å². The summed E-state index contributed by atoms with van der Waals surface area (Å²) >= 11 is 5.45. The van der Waals surface area contributed by atoms with Gasteiger partial charge in [0.05, 0.1) is 0 Å². The molecule has 0 atom stereocenters. The summed E-state index contributed by atoms with van der Waals surface area (Å²) in [7, 11) is 0. The van der Waals surface area contributed by atoms with E-state index < -0.39 is 5.82 Å². The van der Waals surface area contributed by atoms with Gasteiger partial charge in [0.25, 0.3) is 0 Å². The molecular formula is C11H11ClF2. The number of hydrogen-bond donors (Lipinski definition) is 0. The lowest BCUT2D eigenvalue weighted by Crippen LogP contribution is -1.89. The zero-order valence-electron chi connectivity index (χ0n) is 7.64. The maximum Gasteiger partial charge on any atom is 0.126 e. The van der Waals surface area contributed by atoms with Crippen LogP contribution in [-0.2, 0) is 6.42 Å². The second-order valence-corrected chi connectivity index (χ2v) is 3.27. The van der Waals surface area contributed by atoms with Crippen molar-refractivity contribution in [3.8, 4) is 0 Å². The van der Waals surface area contributed by atoms with E-state index in [1.54, 1.807) is 6.08 Å². The van der Waals surface area contributed by atoms with E-state index in [9.17, 15) is 8.78 Å². The van der Waals surface area contributed by atoms with Crippen molar-refractivity contribution in [2.24, 2.45) is 0 Å². The SMILES string of the molecule is Fc1ccc(F)c(CC=CCCCl)c1. The number of rotatable bonds is 4. The zero-order valence-corrected chi connectivity index (χ0v) is 8.40. The van der Waals surface area contributed by atoms with Crippen LogP contribution in [0.4, 0.5) is 8.78 Å². The van der Waals surface area contributed by atoms with Crippen LogP contribution in [0, 0.1) is 11.6 Å². The summed E-state index contributed by atoms with van der Waals surface area (Å²) in [6.07, 6.45) is 4.80. The van der Waals surface area contributed by atoms with Crippen molar-refractivity contribution in [3.63, 3.8) is 0 Å². The Hall–Kier alpha value is -0.890. The summed E-state index contributed by atoms with van der Waals surface area (Å²) in [5.74, 6) is -0.239. The summed E-state index contributed by atoms with van der Waals surface area (Å²) in [6, 6.07) is 3.46. The van der Waals surface area contributed by atoms with Gasteiger partial charge >= 0.3 is 0 Å². The Labute approximate surface area is 87.2 Å². The van der Waals surface area contributed by atoms with Crippen LogP contribution < -0.4 is 0 Å². The predicted octanol–water partition coefficient (Wildman–Crippen LogP) is 3.69. The van der Waals surface area contributed by atoms with Gasteiger partial charge in [0, 0.05) is 5.88 Å². The summed E-state index contributed by atoms with van der Waals surface area (Å²) in [4.78, 5) is 0. The summed E-state index contributed by atoms with van der Waals surface area (Å²) in [5.41, 5.74) is 0.371. The molecule has 0 fully saturated rings. The van der Waals surface area contributed by atoms with Crippen LogP contribution in [0.2, 0.25) is 0 Å². The van der Waals surface area contributed by atoms with Gasteiger partial charge in [-0.15, -0.1) is 11.6 Å². The molecule has 0 bridgehead atoms. The highest BCUT2D eigenvalue weighted by Crippen LogP contribution is 2.10. The Bertz CT molecular complexity index is 321. The maximum absolute atomic E-state index is 13.1. The minimum absolute atomic E-state index is 0.371. The fraction of sp³-hybridized carbons (Fsp3) is 0.273. The Morgan fingerprint density at radius 2 is 2.00 bits per heavy atom. The molecule has 0 unspecified atom stereocenters. The third-order valence-electron chi connectivity index (χ3n) is 1.79. The number of alkyl halides is 1. The van der Waals surface area contributed by atoms with E-state index in [-0.39, 0.29) is 5.82 Å². The fourth-order valence-corrected chi connectivity index (χ4v) is 1.22. The van der Waals surface area contributed by atoms with Gasteiger partial charge in [-0.3, -0.25) is 0 Å². The van der Waals surface area contributed by atoms with Gasteiger partial charge in [0.2, 0.25) is 0 Å². The highest BCUT2D eigenvalue weighted by atomic mass is 35.5. The summed E-state index contributed by atoms with van der Waals surface area (Å²) < 4.78 is 25.8. The lowest BCUT2D eigenvalue weighted by atomic mass is 10.1. The minimum atomic E-state index is -0.410. The van der Waals surface area contributed by atoms with Crippen LogP contribution in [0.5, 0.6) is 0 Å². The van der Waals surface area contributed by atoms with Gasteiger partial charge in [-0.1, -0.05) is 12.2 Å². The molecule has 0 aliphatic rings. The van der Waals surface area contributed by atoms with Crippen LogP contribution in [0.15, 0.2) is 30.4 Å². The first-order chi connectivity index (χ1) is 6.74. The van der Waals surface area contributed by atoms with E-state index in [1.807, 2.05) is 6.08 Å². The van der Waals surface area contributed by atoms with Crippen LogP contribution in [0.1, 0.15) is 12.0 Å². The third kappa shape index (κ3) is 3.46. The molecular weight excluding hydrogens is 206 g/mol. The van der Waals surface area contributed by atoms with Gasteiger partial charge in [0.1, 0.15) is 11.6 Å². The molecule has 0 N–H and O–H groups in total. The van der Waals surface area contributed by atoms with Gasteiger partial charge in [-0.25, -0.2) is 8.78 Å². The largest absolute Gasteiger partial charge is 0.207 e. The second kappa shape index (κ2) is 5.76. The van der Waals surface area contributed by atoms with E-state index in [2.05, 4.69) is 0 Å². The second-order valence-electron chi connectivity index (χ2n) is 2.89. The Balaban J connectivity index is 2.62. The molecule has 0 heterocycles. The van der Waals surface area contributed by atoms with Crippen LogP contribution in [0.25, 0.3) is 0 Å². The normalized spacial score (nSPS) is 11.1. The monoisotopic (exact) mass is 216 g/mol. The average molecular weight is 217 g/mol. The Morgan fingerprint density at radius 1 is 1.21 bits per heavy atom. The quantitative estimate of drug-likeness (QED) is 0.532. The topological polar surface area (TPSA) is 0 Å². The molecule has 0 aromatic heterocycles. The zero-order chi connectivity index (χ0) is 10.4. The molecule has 0 radical (unpaired) electrons. The third-order valence-corrected chi connectivity index (χ3v) is 2.01. The predicted molar refractivity (Wildman–Crippen MR) is 54.5 cm³/mol. The van der Waals surface area contributed by atoms with Gasteiger partial charge in [0.15, 0.2) is 0 Å². The maximum atomic E-state index is 13.1. The van der Waals surface area contributed by atoms with E-state index in [0.29, 0.717) is 17.9 Å². The Morgan fingerprint density at radius 3 is 2.71 bits per heavy atom. The molecule has 1 rings (SSSR count). The first kappa shape index (κ1) is 11.2. The lowest BCUT2D eigenvalue weighted by molar-refractivity contribution is 0.589. The molecule has 1 aromatic carbocycles. The first-order valence-electron chi connectivity index (χ1n) is 4.39. The smallest absolute Gasteiger partial charge is 0.126 e. The lowest BCUT2D eigenvalue weighted by Gasteiger charge is -1.98. The molecule has 3 heteroatoms. The van der Waals surface area contributed by atoms with Crippen LogP contribution in [-0.4, -0.2) is 5.88 Å². The molecule has 0 spiro atoms. The van der Waals surface area contributed by atoms with E-state index in [0.717, 1.165) is 18.6 Å². The number of benzene rings is 1.